The molecule has 0 amide bonds. The largest absolute Gasteiger partial charge is 0.389 e. The Bertz CT molecular complexity index is 420. The van der Waals surface area contributed by atoms with Gasteiger partial charge in [0.2, 0.25) is 0 Å². The summed E-state index contributed by atoms with van der Waals surface area (Å²) in [5.74, 6) is 0. The normalized spacial score (nSPS) is 10.2. The fourth-order valence-electron chi connectivity index (χ4n) is 1.20. The quantitative estimate of drug-likeness (QED) is 0.751. The van der Waals surface area contributed by atoms with Crippen LogP contribution < -0.4 is 5.73 Å². The summed E-state index contributed by atoms with van der Waals surface area (Å²) in [6.45, 7) is 2.07. The summed E-state index contributed by atoms with van der Waals surface area (Å²) < 4.78 is 0. The zero-order valence-corrected chi connectivity index (χ0v) is 8.14. The molecule has 3 heteroatoms. The van der Waals surface area contributed by atoms with E-state index in [2.05, 4.69) is 24.0 Å². The lowest BCUT2D eigenvalue weighted by atomic mass is 10.1. The van der Waals surface area contributed by atoms with Crippen molar-refractivity contribution >= 4 is 16.3 Å². The molecule has 2 nitrogen and oxygen atoms in total. The molecular weight excluding hydrogens is 180 g/mol. The molecule has 1 aromatic carbocycles. The predicted molar refractivity (Wildman–Crippen MR) is 56.7 cm³/mol. The minimum Gasteiger partial charge on any atom is -0.389 e. The van der Waals surface area contributed by atoms with Gasteiger partial charge in [-0.2, -0.15) is 0 Å². The maximum atomic E-state index is 5.61. The first-order valence-electron chi connectivity index (χ1n) is 4.04. The van der Waals surface area contributed by atoms with Gasteiger partial charge in [-0.3, -0.25) is 0 Å². The zero-order chi connectivity index (χ0) is 9.26. The van der Waals surface area contributed by atoms with E-state index in [0.29, 0.717) is 0 Å². The second-order valence-corrected chi connectivity index (χ2v) is 4.00. The molecule has 0 aliphatic carbocycles. The van der Waals surface area contributed by atoms with Crippen molar-refractivity contribution in [1.82, 2.24) is 4.98 Å². The van der Waals surface area contributed by atoms with E-state index in [1.54, 1.807) is 6.20 Å². The van der Waals surface area contributed by atoms with E-state index in [4.69, 9.17) is 5.73 Å². The van der Waals surface area contributed by atoms with E-state index in [1.807, 2.05) is 12.1 Å². The first-order valence-corrected chi connectivity index (χ1v) is 4.86. The van der Waals surface area contributed by atoms with E-state index < -0.39 is 0 Å². The number of anilines is 1. The van der Waals surface area contributed by atoms with Crippen LogP contribution >= 0.6 is 11.3 Å². The van der Waals surface area contributed by atoms with Crippen LogP contribution in [0.15, 0.2) is 30.5 Å². The highest BCUT2D eigenvalue weighted by atomic mass is 32.1. The number of hydrogen-bond acceptors (Lipinski definition) is 3. The van der Waals surface area contributed by atoms with Gasteiger partial charge in [0.25, 0.3) is 0 Å². The molecule has 1 aromatic heterocycles. The number of benzene rings is 1. The van der Waals surface area contributed by atoms with Crippen LogP contribution in [0.25, 0.3) is 10.6 Å². The molecule has 66 valence electrons. The second-order valence-electron chi connectivity index (χ2n) is 2.94. The molecule has 0 unspecified atom stereocenters. The van der Waals surface area contributed by atoms with Crippen LogP contribution in [0.5, 0.6) is 0 Å². The SMILES string of the molecule is Cc1cccc(-c2ncc(N)s2)c1. The van der Waals surface area contributed by atoms with Gasteiger partial charge in [0.05, 0.1) is 6.20 Å². The lowest BCUT2D eigenvalue weighted by Gasteiger charge is -1.96. The molecule has 1 heterocycles. The molecule has 0 saturated heterocycles. The molecular formula is C10H10N2S. The molecule has 2 N–H and O–H groups in total. The van der Waals surface area contributed by atoms with Crippen LogP contribution in [0, 0.1) is 6.92 Å². The molecule has 0 aliphatic rings. The van der Waals surface area contributed by atoms with Gasteiger partial charge in [0, 0.05) is 5.56 Å². The molecule has 0 fully saturated rings. The van der Waals surface area contributed by atoms with Crippen LogP contribution in [0.2, 0.25) is 0 Å². The smallest absolute Gasteiger partial charge is 0.125 e. The Hall–Kier alpha value is -1.35. The van der Waals surface area contributed by atoms with Crippen molar-refractivity contribution in [3.8, 4) is 10.6 Å². The highest BCUT2D eigenvalue weighted by molar-refractivity contribution is 7.18. The minimum atomic E-state index is 0.761. The number of nitrogen functional groups attached to an aromatic ring is 1. The number of hydrogen-bond donors (Lipinski definition) is 1. The number of nitrogens with two attached hydrogens (primary N) is 1. The number of nitrogens with zero attached hydrogens (tertiary/aromatic N) is 1. The highest BCUT2D eigenvalue weighted by Gasteiger charge is 2.01. The van der Waals surface area contributed by atoms with Gasteiger partial charge in [0.1, 0.15) is 10.0 Å². The molecule has 0 radical (unpaired) electrons. The Morgan fingerprint density at radius 2 is 2.23 bits per heavy atom. The van der Waals surface area contributed by atoms with Crippen LogP contribution in [-0.2, 0) is 0 Å². The minimum absolute atomic E-state index is 0.761. The molecule has 2 aromatic rings. The summed E-state index contributed by atoms with van der Waals surface area (Å²) in [6.07, 6.45) is 1.70. The van der Waals surface area contributed by atoms with Crippen molar-refractivity contribution in [2.45, 2.75) is 6.92 Å². The predicted octanol–water partition coefficient (Wildman–Crippen LogP) is 2.70. The van der Waals surface area contributed by atoms with Crippen LogP contribution in [0.4, 0.5) is 5.00 Å². The van der Waals surface area contributed by atoms with Gasteiger partial charge >= 0.3 is 0 Å². The summed E-state index contributed by atoms with van der Waals surface area (Å²) in [7, 11) is 0. The maximum Gasteiger partial charge on any atom is 0.125 e. The molecule has 13 heavy (non-hydrogen) atoms. The molecule has 0 atom stereocenters. The summed E-state index contributed by atoms with van der Waals surface area (Å²) >= 11 is 1.52. The lowest BCUT2D eigenvalue weighted by Crippen LogP contribution is -1.76. The fraction of sp³-hybridized carbons (Fsp3) is 0.100. The van der Waals surface area contributed by atoms with Gasteiger partial charge in [-0.25, -0.2) is 4.98 Å². The standard InChI is InChI=1S/C10H10N2S/c1-7-3-2-4-8(5-7)10-12-6-9(11)13-10/h2-6H,11H2,1H3. The van der Waals surface area contributed by atoms with Gasteiger partial charge in [0.15, 0.2) is 0 Å². The van der Waals surface area contributed by atoms with Crippen LogP contribution in [0.1, 0.15) is 5.56 Å². The number of aryl methyl sites for hydroxylation is 1. The molecule has 0 bridgehead atoms. The average Bonchev–Trinajstić information content (AvgIpc) is 2.52. The number of rotatable bonds is 1. The van der Waals surface area contributed by atoms with Gasteiger partial charge < -0.3 is 5.73 Å². The average molecular weight is 190 g/mol. The molecule has 0 spiro atoms. The lowest BCUT2D eigenvalue weighted by molar-refractivity contribution is 1.39. The Morgan fingerprint density at radius 1 is 1.38 bits per heavy atom. The van der Waals surface area contributed by atoms with E-state index >= 15 is 0 Å². The molecule has 0 saturated carbocycles. The topological polar surface area (TPSA) is 38.9 Å². The Labute approximate surface area is 81.1 Å². The van der Waals surface area contributed by atoms with Gasteiger partial charge in [-0.05, 0) is 13.0 Å². The number of aromatic nitrogens is 1. The first-order chi connectivity index (χ1) is 6.25. The van der Waals surface area contributed by atoms with Gasteiger partial charge in [-0.1, -0.05) is 35.1 Å². The van der Waals surface area contributed by atoms with Crippen molar-refractivity contribution in [3.63, 3.8) is 0 Å². The van der Waals surface area contributed by atoms with Gasteiger partial charge in [-0.15, -0.1) is 0 Å². The van der Waals surface area contributed by atoms with Crippen molar-refractivity contribution < 1.29 is 0 Å². The highest BCUT2D eigenvalue weighted by Crippen LogP contribution is 2.26. The van der Waals surface area contributed by atoms with Crippen molar-refractivity contribution in [1.29, 1.82) is 0 Å². The van der Waals surface area contributed by atoms with E-state index in [0.717, 1.165) is 15.6 Å². The monoisotopic (exact) mass is 190 g/mol. The Morgan fingerprint density at radius 3 is 2.85 bits per heavy atom. The zero-order valence-electron chi connectivity index (χ0n) is 7.32. The molecule has 2 rings (SSSR count). The van der Waals surface area contributed by atoms with Crippen LogP contribution in [-0.4, -0.2) is 4.98 Å². The Kier molecular flexibility index (Phi) is 2.02. The Balaban J connectivity index is 2.46. The van der Waals surface area contributed by atoms with E-state index in [9.17, 15) is 0 Å². The molecule has 0 aliphatic heterocycles. The van der Waals surface area contributed by atoms with E-state index in [1.165, 1.54) is 16.9 Å². The van der Waals surface area contributed by atoms with Crippen molar-refractivity contribution in [2.75, 3.05) is 5.73 Å². The summed E-state index contributed by atoms with van der Waals surface area (Å²) in [4.78, 5) is 4.22. The van der Waals surface area contributed by atoms with Crippen molar-refractivity contribution in [3.05, 3.63) is 36.0 Å². The van der Waals surface area contributed by atoms with Crippen molar-refractivity contribution in [2.24, 2.45) is 0 Å². The first kappa shape index (κ1) is 8.26. The summed E-state index contributed by atoms with van der Waals surface area (Å²) in [5.41, 5.74) is 7.99. The third kappa shape index (κ3) is 1.70. The van der Waals surface area contributed by atoms with Crippen LogP contribution in [0.3, 0.4) is 0 Å². The maximum absolute atomic E-state index is 5.61. The third-order valence-electron chi connectivity index (χ3n) is 1.79. The summed E-state index contributed by atoms with van der Waals surface area (Å²) in [6, 6.07) is 8.26. The summed E-state index contributed by atoms with van der Waals surface area (Å²) in [5, 5.41) is 1.75. The van der Waals surface area contributed by atoms with E-state index in [-0.39, 0.29) is 0 Å². The fourth-order valence-corrected chi connectivity index (χ4v) is 1.88. The number of thiazole rings is 1. The second kappa shape index (κ2) is 3.18. The third-order valence-corrected chi connectivity index (χ3v) is 2.66.